The molecule has 3 aromatic carbocycles. The summed E-state index contributed by atoms with van der Waals surface area (Å²) >= 11 is 0. The van der Waals surface area contributed by atoms with Gasteiger partial charge in [-0.2, -0.15) is 0 Å². The Morgan fingerprint density at radius 1 is 0.767 bits per heavy atom. The Hall–Kier alpha value is -3.22. The van der Waals surface area contributed by atoms with Crippen LogP contribution in [-0.4, -0.2) is 18.7 Å². The minimum atomic E-state index is -2.23. The maximum atomic E-state index is 13.1. The van der Waals surface area contributed by atoms with E-state index in [0.29, 0.717) is 6.16 Å². The molecule has 0 saturated carbocycles. The molecule has 0 aliphatic heterocycles. The summed E-state index contributed by atoms with van der Waals surface area (Å²) in [5.41, 5.74) is 0.821. The van der Waals surface area contributed by atoms with Crippen molar-refractivity contribution in [1.29, 1.82) is 0 Å². The van der Waals surface area contributed by atoms with Gasteiger partial charge >= 0.3 is 5.97 Å². The summed E-state index contributed by atoms with van der Waals surface area (Å²) in [7, 11) is -2.23. The van der Waals surface area contributed by atoms with Crippen molar-refractivity contribution in [2.45, 2.75) is 0 Å². The van der Waals surface area contributed by atoms with E-state index >= 15 is 0 Å². The average Bonchev–Trinajstić information content (AvgIpc) is 2.82. The van der Waals surface area contributed by atoms with Crippen LogP contribution in [0.1, 0.15) is 0 Å². The van der Waals surface area contributed by atoms with Crippen molar-refractivity contribution >= 4 is 29.1 Å². The first-order valence-corrected chi connectivity index (χ1v) is 11.8. The van der Waals surface area contributed by atoms with Gasteiger partial charge in [-0.25, -0.2) is 4.79 Å². The molecule has 0 bridgehead atoms. The molecule has 0 unspecified atom stereocenters. The SMILES string of the molecule is C=C/C=C(\C=C)COC(=O)C[P+](c1ccccc1)(c1ccccc1)c1ccccc1. The van der Waals surface area contributed by atoms with E-state index < -0.39 is 7.26 Å². The van der Waals surface area contributed by atoms with Crippen LogP contribution in [0.3, 0.4) is 0 Å². The Morgan fingerprint density at radius 3 is 1.57 bits per heavy atom. The van der Waals surface area contributed by atoms with Crippen LogP contribution in [0.5, 0.6) is 0 Å². The van der Waals surface area contributed by atoms with Crippen molar-refractivity contribution < 1.29 is 9.53 Å². The molecular formula is C27H26O2P+. The summed E-state index contributed by atoms with van der Waals surface area (Å²) in [5.74, 6) is -0.225. The molecule has 0 radical (unpaired) electrons. The van der Waals surface area contributed by atoms with Gasteiger partial charge in [-0.3, -0.25) is 0 Å². The Labute approximate surface area is 179 Å². The molecule has 2 nitrogen and oxygen atoms in total. The molecule has 0 saturated heterocycles. The van der Waals surface area contributed by atoms with Gasteiger partial charge in [-0.05, 0) is 42.0 Å². The van der Waals surface area contributed by atoms with Crippen molar-refractivity contribution in [3.05, 3.63) is 128 Å². The predicted octanol–water partition coefficient (Wildman–Crippen LogP) is 4.82. The van der Waals surface area contributed by atoms with Gasteiger partial charge < -0.3 is 4.74 Å². The van der Waals surface area contributed by atoms with Crippen LogP contribution in [0, 0.1) is 0 Å². The zero-order valence-corrected chi connectivity index (χ0v) is 17.9. The Kier molecular flexibility index (Phi) is 7.54. The zero-order chi connectivity index (χ0) is 21.2. The van der Waals surface area contributed by atoms with E-state index in [1.54, 1.807) is 18.2 Å². The first-order valence-electron chi connectivity index (χ1n) is 9.85. The Morgan fingerprint density at radius 2 is 1.20 bits per heavy atom. The van der Waals surface area contributed by atoms with Gasteiger partial charge in [0.25, 0.3) is 0 Å². The Bertz CT molecular complexity index is 912. The van der Waals surface area contributed by atoms with Crippen LogP contribution in [-0.2, 0) is 9.53 Å². The third kappa shape index (κ3) is 4.84. The third-order valence-corrected chi connectivity index (χ3v) is 9.22. The van der Waals surface area contributed by atoms with Crippen molar-refractivity contribution in [3.63, 3.8) is 0 Å². The second-order valence-corrected chi connectivity index (χ2v) is 10.3. The van der Waals surface area contributed by atoms with Crippen LogP contribution in [0.15, 0.2) is 128 Å². The highest BCUT2D eigenvalue weighted by atomic mass is 31.2. The summed E-state index contributed by atoms with van der Waals surface area (Å²) in [4.78, 5) is 13.1. The average molecular weight is 413 g/mol. The molecule has 3 heteroatoms. The van der Waals surface area contributed by atoms with Gasteiger partial charge in [0, 0.05) is 0 Å². The van der Waals surface area contributed by atoms with E-state index in [-0.39, 0.29) is 12.6 Å². The molecular weight excluding hydrogens is 387 g/mol. The number of carbonyl (C=O) groups is 1. The molecule has 0 aliphatic rings. The summed E-state index contributed by atoms with van der Waals surface area (Å²) in [6.45, 7) is 7.66. The smallest absolute Gasteiger partial charge is 0.345 e. The lowest BCUT2D eigenvalue weighted by Gasteiger charge is -2.26. The number of esters is 1. The van der Waals surface area contributed by atoms with E-state index in [2.05, 4.69) is 49.6 Å². The highest BCUT2D eigenvalue weighted by molar-refractivity contribution is 7.96. The summed E-state index contributed by atoms with van der Waals surface area (Å²) in [5, 5.41) is 3.47. The molecule has 0 aliphatic carbocycles. The fourth-order valence-corrected chi connectivity index (χ4v) is 7.46. The van der Waals surface area contributed by atoms with Gasteiger partial charge in [0.2, 0.25) is 0 Å². The van der Waals surface area contributed by atoms with Gasteiger partial charge in [0.05, 0.1) is 0 Å². The summed E-state index contributed by atoms with van der Waals surface area (Å²) in [6.07, 6.45) is 5.45. The van der Waals surface area contributed by atoms with E-state index in [0.717, 1.165) is 21.5 Å². The highest BCUT2D eigenvalue weighted by Crippen LogP contribution is 2.55. The quantitative estimate of drug-likeness (QED) is 0.286. The van der Waals surface area contributed by atoms with Crippen LogP contribution < -0.4 is 15.9 Å². The molecule has 3 rings (SSSR count). The van der Waals surface area contributed by atoms with Crippen LogP contribution >= 0.6 is 7.26 Å². The van der Waals surface area contributed by atoms with E-state index in [1.165, 1.54) is 0 Å². The zero-order valence-electron chi connectivity index (χ0n) is 17.0. The lowest BCUT2D eigenvalue weighted by Crippen LogP contribution is -2.36. The van der Waals surface area contributed by atoms with Gasteiger partial charge in [-0.1, -0.05) is 86.0 Å². The maximum Gasteiger partial charge on any atom is 0.345 e. The fourth-order valence-electron chi connectivity index (χ4n) is 3.50. The molecule has 0 N–H and O–H groups in total. The third-order valence-electron chi connectivity index (χ3n) is 4.95. The Balaban J connectivity index is 2.07. The second kappa shape index (κ2) is 10.5. The molecule has 150 valence electrons. The monoisotopic (exact) mass is 413 g/mol. The first-order chi connectivity index (χ1) is 14.7. The lowest BCUT2D eigenvalue weighted by atomic mass is 10.2. The number of carbonyl (C=O) groups excluding carboxylic acids is 1. The molecule has 0 spiro atoms. The number of benzene rings is 3. The van der Waals surface area contributed by atoms with Crippen molar-refractivity contribution in [2.75, 3.05) is 12.8 Å². The lowest BCUT2D eigenvalue weighted by molar-refractivity contribution is -0.139. The minimum absolute atomic E-state index is 0.187. The fraction of sp³-hybridized carbons (Fsp3) is 0.0741. The van der Waals surface area contributed by atoms with Gasteiger partial charge in [-0.15, -0.1) is 0 Å². The van der Waals surface area contributed by atoms with Gasteiger partial charge in [0.15, 0.2) is 6.16 Å². The van der Waals surface area contributed by atoms with E-state index in [4.69, 9.17) is 4.74 Å². The second-order valence-electron chi connectivity index (χ2n) is 6.82. The van der Waals surface area contributed by atoms with E-state index in [1.807, 2.05) is 54.6 Å². The number of rotatable bonds is 9. The molecule has 0 amide bonds. The summed E-state index contributed by atoms with van der Waals surface area (Å²) in [6, 6.07) is 30.9. The minimum Gasteiger partial charge on any atom is -0.458 e. The molecule has 0 heterocycles. The maximum absolute atomic E-state index is 13.1. The van der Waals surface area contributed by atoms with Gasteiger partial charge in [0.1, 0.15) is 29.8 Å². The number of ether oxygens (including phenoxy) is 1. The van der Waals surface area contributed by atoms with Crippen LogP contribution in [0.2, 0.25) is 0 Å². The molecule has 30 heavy (non-hydrogen) atoms. The molecule has 3 aromatic rings. The largest absolute Gasteiger partial charge is 0.458 e. The topological polar surface area (TPSA) is 26.3 Å². The summed E-state index contributed by atoms with van der Waals surface area (Å²) < 4.78 is 5.67. The van der Waals surface area contributed by atoms with Crippen molar-refractivity contribution in [3.8, 4) is 0 Å². The van der Waals surface area contributed by atoms with Crippen LogP contribution in [0.4, 0.5) is 0 Å². The number of hydrogen-bond donors (Lipinski definition) is 0. The standard InChI is InChI=1S/C27H26O2P/c1-3-14-23(4-2)21-29-27(28)22-30(24-15-8-5-9-16-24,25-17-10-6-11-18-25)26-19-12-7-13-20-26/h3-20H,1-2,21-22H2/q+1/b23-14+. The normalized spacial score (nSPS) is 11.5. The van der Waals surface area contributed by atoms with Crippen molar-refractivity contribution in [2.24, 2.45) is 0 Å². The first kappa shape index (κ1) is 21.5. The number of allylic oxidation sites excluding steroid dienone is 2. The van der Waals surface area contributed by atoms with Crippen molar-refractivity contribution in [1.82, 2.24) is 0 Å². The molecule has 0 fully saturated rings. The molecule has 0 aromatic heterocycles. The van der Waals surface area contributed by atoms with Crippen LogP contribution in [0.25, 0.3) is 0 Å². The van der Waals surface area contributed by atoms with E-state index in [9.17, 15) is 4.79 Å². The number of hydrogen-bond acceptors (Lipinski definition) is 2. The molecule has 0 atom stereocenters. The highest BCUT2D eigenvalue weighted by Gasteiger charge is 2.47. The predicted molar refractivity (Wildman–Crippen MR) is 129 cm³/mol.